The molecule has 0 atom stereocenters. The molecule has 0 aliphatic carbocycles. The number of anilines is 2. The fourth-order valence-electron chi connectivity index (χ4n) is 2.04. The molecule has 0 amide bonds. The predicted octanol–water partition coefficient (Wildman–Crippen LogP) is 3.09. The zero-order valence-corrected chi connectivity index (χ0v) is 11.2. The molecule has 2 N–H and O–H groups in total. The highest BCUT2D eigenvalue weighted by molar-refractivity contribution is 5.73. The SMILES string of the molecule is Cc1ccc(CN(C)c2cccc(C#N)c2N)cc1. The monoisotopic (exact) mass is 251 g/mol. The largest absolute Gasteiger partial charge is 0.396 e. The number of para-hydroxylation sites is 1. The van der Waals surface area contributed by atoms with Crippen molar-refractivity contribution in [1.82, 2.24) is 0 Å². The van der Waals surface area contributed by atoms with E-state index in [0.717, 1.165) is 12.2 Å². The molecule has 2 aromatic rings. The molecule has 0 bridgehead atoms. The van der Waals surface area contributed by atoms with E-state index < -0.39 is 0 Å². The van der Waals surface area contributed by atoms with Gasteiger partial charge in [0.25, 0.3) is 0 Å². The summed E-state index contributed by atoms with van der Waals surface area (Å²) in [5.41, 5.74) is 10.4. The van der Waals surface area contributed by atoms with Gasteiger partial charge in [0.2, 0.25) is 0 Å². The van der Waals surface area contributed by atoms with Crippen LogP contribution in [0.1, 0.15) is 16.7 Å². The van der Waals surface area contributed by atoms with Crippen molar-refractivity contribution in [1.29, 1.82) is 5.26 Å². The zero-order chi connectivity index (χ0) is 13.8. The highest BCUT2D eigenvalue weighted by Crippen LogP contribution is 2.26. The van der Waals surface area contributed by atoms with Crippen LogP contribution in [0.5, 0.6) is 0 Å². The van der Waals surface area contributed by atoms with Crippen LogP contribution in [0.25, 0.3) is 0 Å². The number of nitrogens with two attached hydrogens (primary N) is 1. The molecule has 96 valence electrons. The molecule has 0 aromatic heterocycles. The van der Waals surface area contributed by atoms with Crippen LogP contribution in [-0.2, 0) is 6.54 Å². The summed E-state index contributed by atoms with van der Waals surface area (Å²) >= 11 is 0. The molecule has 0 aliphatic heterocycles. The Hall–Kier alpha value is -2.47. The summed E-state index contributed by atoms with van der Waals surface area (Å²) in [6, 6.07) is 16.0. The first kappa shape index (κ1) is 13.0. The summed E-state index contributed by atoms with van der Waals surface area (Å²) in [5, 5.41) is 9.00. The van der Waals surface area contributed by atoms with Gasteiger partial charge in [0.05, 0.1) is 16.9 Å². The quantitative estimate of drug-likeness (QED) is 0.853. The molecule has 0 spiro atoms. The molecule has 19 heavy (non-hydrogen) atoms. The van der Waals surface area contributed by atoms with E-state index in [1.807, 2.05) is 19.2 Å². The summed E-state index contributed by atoms with van der Waals surface area (Å²) < 4.78 is 0. The van der Waals surface area contributed by atoms with Gasteiger partial charge in [-0.1, -0.05) is 35.9 Å². The van der Waals surface area contributed by atoms with Gasteiger partial charge in [-0.3, -0.25) is 0 Å². The first-order valence-corrected chi connectivity index (χ1v) is 6.17. The van der Waals surface area contributed by atoms with Gasteiger partial charge < -0.3 is 10.6 Å². The molecular weight excluding hydrogens is 234 g/mol. The molecule has 0 radical (unpaired) electrons. The van der Waals surface area contributed by atoms with Crippen molar-refractivity contribution < 1.29 is 0 Å². The van der Waals surface area contributed by atoms with Gasteiger partial charge in [-0.25, -0.2) is 0 Å². The van der Waals surface area contributed by atoms with Gasteiger partial charge in [0.15, 0.2) is 0 Å². The van der Waals surface area contributed by atoms with Crippen molar-refractivity contribution in [3.63, 3.8) is 0 Å². The molecule has 0 saturated carbocycles. The van der Waals surface area contributed by atoms with Crippen LogP contribution in [-0.4, -0.2) is 7.05 Å². The third-order valence-electron chi connectivity index (χ3n) is 3.16. The Kier molecular flexibility index (Phi) is 3.72. The van der Waals surface area contributed by atoms with Crippen LogP contribution in [0.4, 0.5) is 11.4 Å². The van der Waals surface area contributed by atoms with Crippen LogP contribution in [0.2, 0.25) is 0 Å². The Labute approximate surface area is 113 Å². The zero-order valence-electron chi connectivity index (χ0n) is 11.2. The lowest BCUT2D eigenvalue weighted by Crippen LogP contribution is -2.18. The average molecular weight is 251 g/mol. The standard InChI is InChI=1S/C16H17N3/c1-12-6-8-13(9-7-12)11-19(2)15-5-3-4-14(10-17)16(15)18/h3-9H,11,18H2,1-2H3. The van der Waals surface area contributed by atoms with Crippen LogP contribution < -0.4 is 10.6 Å². The Bertz CT molecular complexity index is 609. The first-order chi connectivity index (χ1) is 9.11. The number of nitriles is 1. The van der Waals surface area contributed by atoms with Crippen molar-refractivity contribution in [3.05, 3.63) is 59.2 Å². The predicted molar refractivity (Wildman–Crippen MR) is 78.9 cm³/mol. The Morgan fingerprint density at radius 2 is 1.84 bits per heavy atom. The molecule has 2 aromatic carbocycles. The van der Waals surface area contributed by atoms with Gasteiger partial charge in [-0.15, -0.1) is 0 Å². The average Bonchev–Trinajstić information content (AvgIpc) is 2.41. The van der Waals surface area contributed by atoms with E-state index in [4.69, 9.17) is 11.0 Å². The third kappa shape index (κ3) is 2.86. The first-order valence-electron chi connectivity index (χ1n) is 6.17. The highest BCUT2D eigenvalue weighted by Gasteiger charge is 2.09. The smallest absolute Gasteiger partial charge is 0.101 e. The number of hydrogen-bond acceptors (Lipinski definition) is 3. The van der Waals surface area contributed by atoms with Crippen LogP contribution in [0, 0.1) is 18.3 Å². The van der Waals surface area contributed by atoms with Gasteiger partial charge in [0.1, 0.15) is 6.07 Å². The molecule has 3 heteroatoms. The molecule has 0 fully saturated rings. The van der Waals surface area contributed by atoms with E-state index in [2.05, 4.69) is 42.2 Å². The van der Waals surface area contributed by atoms with Crippen molar-refractivity contribution in [3.8, 4) is 6.07 Å². The maximum Gasteiger partial charge on any atom is 0.101 e. The lowest BCUT2D eigenvalue weighted by molar-refractivity contribution is 0.924. The van der Waals surface area contributed by atoms with E-state index >= 15 is 0 Å². The number of rotatable bonds is 3. The van der Waals surface area contributed by atoms with Gasteiger partial charge in [0, 0.05) is 13.6 Å². The molecular formula is C16H17N3. The minimum Gasteiger partial charge on any atom is -0.396 e. The molecule has 2 rings (SSSR count). The normalized spacial score (nSPS) is 9.95. The van der Waals surface area contributed by atoms with Crippen molar-refractivity contribution >= 4 is 11.4 Å². The van der Waals surface area contributed by atoms with E-state index in [-0.39, 0.29) is 0 Å². The van der Waals surface area contributed by atoms with Gasteiger partial charge >= 0.3 is 0 Å². The Morgan fingerprint density at radius 1 is 1.16 bits per heavy atom. The second-order valence-corrected chi connectivity index (χ2v) is 4.69. The lowest BCUT2D eigenvalue weighted by Gasteiger charge is -2.21. The highest BCUT2D eigenvalue weighted by atomic mass is 15.1. The fourth-order valence-corrected chi connectivity index (χ4v) is 2.04. The third-order valence-corrected chi connectivity index (χ3v) is 3.16. The molecule has 0 heterocycles. The van der Waals surface area contributed by atoms with E-state index in [9.17, 15) is 0 Å². The Balaban J connectivity index is 2.23. The topological polar surface area (TPSA) is 53.0 Å². The second kappa shape index (κ2) is 5.45. The maximum atomic E-state index is 9.00. The van der Waals surface area contributed by atoms with Crippen LogP contribution in [0.3, 0.4) is 0 Å². The van der Waals surface area contributed by atoms with E-state index in [0.29, 0.717) is 11.3 Å². The van der Waals surface area contributed by atoms with E-state index in [1.54, 1.807) is 6.07 Å². The number of nitrogens with zero attached hydrogens (tertiary/aromatic N) is 2. The summed E-state index contributed by atoms with van der Waals surface area (Å²) in [6.07, 6.45) is 0. The number of nitrogen functional groups attached to an aromatic ring is 1. The van der Waals surface area contributed by atoms with Crippen molar-refractivity contribution in [2.45, 2.75) is 13.5 Å². The summed E-state index contributed by atoms with van der Waals surface area (Å²) in [6.45, 7) is 2.83. The molecule has 0 saturated heterocycles. The van der Waals surface area contributed by atoms with Crippen molar-refractivity contribution in [2.75, 3.05) is 17.7 Å². The lowest BCUT2D eigenvalue weighted by atomic mass is 10.1. The number of benzene rings is 2. The van der Waals surface area contributed by atoms with Crippen LogP contribution in [0.15, 0.2) is 42.5 Å². The van der Waals surface area contributed by atoms with Gasteiger partial charge in [-0.05, 0) is 24.6 Å². The minimum atomic E-state index is 0.522. The second-order valence-electron chi connectivity index (χ2n) is 4.69. The number of aryl methyl sites for hydroxylation is 1. The van der Waals surface area contributed by atoms with Crippen LogP contribution >= 0.6 is 0 Å². The summed E-state index contributed by atoms with van der Waals surface area (Å²) in [4.78, 5) is 2.06. The molecule has 0 unspecified atom stereocenters. The Morgan fingerprint density at radius 3 is 2.47 bits per heavy atom. The fraction of sp³-hybridized carbons (Fsp3) is 0.188. The molecule has 3 nitrogen and oxygen atoms in total. The van der Waals surface area contributed by atoms with E-state index in [1.165, 1.54) is 11.1 Å². The summed E-state index contributed by atoms with van der Waals surface area (Å²) in [5.74, 6) is 0. The van der Waals surface area contributed by atoms with Crippen molar-refractivity contribution in [2.24, 2.45) is 0 Å². The minimum absolute atomic E-state index is 0.522. The van der Waals surface area contributed by atoms with Gasteiger partial charge in [-0.2, -0.15) is 5.26 Å². The molecule has 0 aliphatic rings. The maximum absolute atomic E-state index is 9.00. The summed E-state index contributed by atoms with van der Waals surface area (Å²) in [7, 11) is 1.98. The number of hydrogen-bond donors (Lipinski definition) is 1.